The molecule has 0 radical (unpaired) electrons. The Morgan fingerprint density at radius 2 is 1.96 bits per heavy atom. The maximum absolute atomic E-state index is 12.7. The summed E-state index contributed by atoms with van der Waals surface area (Å²) in [4.78, 5) is 18.6. The zero-order valence-electron chi connectivity index (χ0n) is 15.0. The van der Waals surface area contributed by atoms with Gasteiger partial charge in [-0.1, -0.05) is 48.5 Å². The minimum absolute atomic E-state index is 0.0698. The Balaban J connectivity index is 1.40. The Labute approximate surface area is 158 Å². The van der Waals surface area contributed by atoms with E-state index in [0.717, 1.165) is 16.8 Å². The predicted octanol–water partition coefficient (Wildman–Crippen LogP) is 3.16. The molecule has 0 unspecified atom stereocenters. The van der Waals surface area contributed by atoms with Crippen LogP contribution in [0.4, 0.5) is 4.79 Å². The average Bonchev–Trinajstić information content (AvgIpc) is 3.28. The molecule has 0 spiro atoms. The normalized spacial score (nSPS) is 16.9. The Morgan fingerprint density at radius 3 is 2.78 bits per heavy atom. The largest absolute Gasteiger partial charge is 0.370 e. The first kappa shape index (κ1) is 17.3. The van der Waals surface area contributed by atoms with E-state index in [4.69, 9.17) is 4.74 Å². The molecule has 27 heavy (non-hydrogen) atoms. The molecular formula is C21H22N4O2. The number of aromatic nitrogens is 2. The minimum Gasteiger partial charge on any atom is -0.370 e. The summed E-state index contributed by atoms with van der Waals surface area (Å²) in [5.41, 5.74) is 3.15. The summed E-state index contributed by atoms with van der Waals surface area (Å²) in [6, 6.07) is 17.9. The van der Waals surface area contributed by atoms with Crippen LogP contribution in [0.15, 0.2) is 73.3 Å². The molecule has 1 aromatic heterocycles. The molecule has 1 atom stereocenters. The molecule has 0 aliphatic carbocycles. The number of nitrogens with zero attached hydrogens (tertiary/aromatic N) is 3. The first-order valence-corrected chi connectivity index (χ1v) is 9.07. The molecule has 1 aliphatic rings. The molecule has 2 amide bonds. The Hall–Kier alpha value is -3.12. The van der Waals surface area contributed by atoms with E-state index in [1.165, 1.54) is 0 Å². The van der Waals surface area contributed by atoms with Crippen LogP contribution in [0.25, 0.3) is 5.69 Å². The summed E-state index contributed by atoms with van der Waals surface area (Å²) in [7, 11) is 0. The number of morpholine rings is 1. The lowest BCUT2D eigenvalue weighted by molar-refractivity contribution is -0.0154. The monoisotopic (exact) mass is 362 g/mol. The molecule has 138 valence electrons. The molecule has 1 saturated heterocycles. The molecule has 1 aliphatic heterocycles. The first-order chi connectivity index (χ1) is 13.3. The Kier molecular flexibility index (Phi) is 5.16. The lowest BCUT2D eigenvalue weighted by atomic mass is 10.1. The Morgan fingerprint density at radius 1 is 1.15 bits per heavy atom. The fraction of sp³-hybridized carbons (Fsp3) is 0.238. The van der Waals surface area contributed by atoms with Gasteiger partial charge in [-0.3, -0.25) is 0 Å². The number of benzene rings is 2. The summed E-state index contributed by atoms with van der Waals surface area (Å²) in [6.45, 7) is 2.15. The van der Waals surface area contributed by atoms with Crippen molar-refractivity contribution < 1.29 is 9.53 Å². The van der Waals surface area contributed by atoms with Crippen LogP contribution in [-0.4, -0.2) is 40.2 Å². The fourth-order valence-corrected chi connectivity index (χ4v) is 3.30. The summed E-state index contributed by atoms with van der Waals surface area (Å²) < 4.78 is 7.79. The number of carbonyl (C=O) groups excluding carboxylic acids is 1. The highest BCUT2D eigenvalue weighted by Crippen LogP contribution is 2.22. The van der Waals surface area contributed by atoms with Gasteiger partial charge in [0.2, 0.25) is 0 Å². The molecule has 3 aromatic rings. The van der Waals surface area contributed by atoms with Crippen LogP contribution in [0, 0.1) is 0 Å². The SMILES string of the molecule is O=C(NCc1ccccc1-n1ccnc1)N1CCO[C@@H](c2ccccc2)C1. The van der Waals surface area contributed by atoms with Crippen LogP contribution in [-0.2, 0) is 11.3 Å². The molecular weight excluding hydrogens is 340 g/mol. The number of amides is 2. The first-order valence-electron chi connectivity index (χ1n) is 9.07. The maximum Gasteiger partial charge on any atom is 0.317 e. The van der Waals surface area contributed by atoms with Gasteiger partial charge < -0.3 is 19.5 Å². The summed E-state index contributed by atoms with van der Waals surface area (Å²) >= 11 is 0. The maximum atomic E-state index is 12.7. The summed E-state index contributed by atoms with van der Waals surface area (Å²) in [6.07, 6.45) is 5.32. The predicted molar refractivity (Wildman–Crippen MR) is 103 cm³/mol. The second kappa shape index (κ2) is 8.05. The molecule has 6 nitrogen and oxygen atoms in total. The van der Waals surface area contributed by atoms with Crippen molar-refractivity contribution in [2.75, 3.05) is 19.7 Å². The number of para-hydroxylation sites is 1. The second-order valence-corrected chi connectivity index (χ2v) is 6.47. The molecule has 0 saturated carbocycles. The molecule has 6 heteroatoms. The van der Waals surface area contributed by atoms with Crippen LogP contribution < -0.4 is 5.32 Å². The second-order valence-electron chi connectivity index (χ2n) is 6.47. The van der Waals surface area contributed by atoms with Crippen LogP contribution in [0.5, 0.6) is 0 Å². The lowest BCUT2D eigenvalue weighted by Crippen LogP contribution is -2.47. The topological polar surface area (TPSA) is 59.4 Å². The smallest absolute Gasteiger partial charge is 0.317 e. The number of nitrogens with one attached hydrogen (secondary N) is 1. The quantitative estimate of drug-likeness (QED) is 0.776. The van der Waals surface area contributed by atoms with Crippen molar-refractivity contribution >= 4 is 6.03 Å². The van der Waals surface area contributed by atoms with Crippen LogP contribution in [0.3, 0.4) is 0 Å². The van der Waals surface area contributed by atoms with E-state index in [0.29, 0.717) is 26.2 Å². The van der Waals surface area contributed by atoms with Gasteiger partial charge in [-0.25, -0.2) is 9.78 Å². The van der Waals surface area contributed by atoms with E-state index in [-0.39, 0.29) is 12.1 Å². The van der Waals surface area contributed by atoms with Gasteiger partial charge in [0.1, 0.15) is 6.10 Å². The molecule has 0 bridgehead atoms. The highest BCUT2D eigenvalue weighted by molar-refractivity contribution is 5.74. The van der Waals surface area contributed by atoms with Crippen molar-refractivity contribution in [3.63, 3.8) is 0 Å². The van der Waals surface area contributed by atoms with E-state index in [1.54, 1.807) is 12.5 Å². The van der Waals surface area contributed by atoms with E-state index in [9.17, 15) is 4.79 Å². The number of imidazole rings is 1. The van der Waals surface area contributed by atoms with Gasteiger partial charge in [0.15, 0.2) is 0 Å². The van der Waals surface area contributed by atoms with E-state index in [2.05, 4.69) is 10.3 Å². The van der Waals surface area contributed by atoms with E-state index >= 15 is 0 Å². The van der Waals surface area contributed by atoms with Gasteiger partial charge in [0.25, 0.3) is 0 Å². The number of carbonyl (C=O) groups is 1. The third-order valence-corrected chi connectivity index (χ3v) is 4.73. The fourth-order valence-electron chi connectivity index (χ4n) is 3.30. The van der Waals surface area contributed by atoms with Crippen molar-refractivity contribution in [3.05, 3.63) is 84.4 Å². The molecule has 1 N–H and O–H groups in total. The van der Waals surface area contributed by atoms with Crippen LogP contribution >= 0.6 is 0 Å². The van der Waals surface area contributed by atoms with Crippen molar-refractivity contribution in [3.8, 4) is 5.69 Å². The van der Waals surface area contributed by atoms with Crippen molar-refractivity contribution in [1.29, 1.82) is 0 Å². The highest BCUT2D eigenvalue weighted by atomic mass is 16.5. The van der Waals surface area contributed by atoms with E-state index in [1.807, 2.05) is 70.3 Å². The van der Waals surface area contributed by atoms with Gasteiger partial charge >= 0.3 is 6.03 Å². The lowest BCUT2D eigenvalue weighted by Gasteiger charge is -2.33. The van der Waals surface area contributed by atoms with Crippen LogP contribution in [0.2, 0.25) is 0 Å². The van der Waals surface area contributed by atoms with Crippen molar-refractivity contribution in [2.45, 2.75) is 12.6 Å². The zero-order chi connectivity index (χ0) is 18.5. The Bertz CT molecular complexity index is 880. The number of rotatable bonds is 4. The van der Waals surface area contributed by atoms with Crippen molar-refractivity contribution in [2.24, 2.45) is 0 Å². The number of hydrogen-bond donors (Lipinski definition) is 1. The van der Waals surface area contributed by atoms with E-state index < -0.39 is 0 Å². The zero-order valence-corrected chi connectivity index (χ0v) is 15.0. The summed E-state index contributed by atoms with van der Waals surface area (Å²) in [5.74, 6) is 0. The standard InChI is InChI=1S/C21H22N4O2/c26-21(24-12-13-27-20(15-24)17-6-2-1-3-7-17)23-14-18-8-4-5-9-19(18)25-11-10-22-16-25/h1-11,16,20H,12-15H2,(H,23,26)/t20-/m1/s1. The third-order valence-electron chi connectivity index (χ3n) is 4.73. The molecule has 2 heterocycles. The molecule has 2 aromatic carbocycles. The van der Waals surface area contributed by atoms with Gasteiger partial charge in [-0.15, -0.1) is 0 Å². The average molecular weight is 362 g/mol. The van der Waals surface area contributed by atoms with Crippen molar-refractivity contribution in [1.82, 2.24) is 19.8 Å². The number of ether oxygens (including phenoxy) is 1. The van der Waals surface area contributed by atoms with Gasteiger partial charge in [0.05, 0.1) is 25.2 Å². The van der Waals surface area contributed by atoms with Gasteiger partial charge in [-0.05, 0) is 17.2 Å². The molecule has 4 rings (SSSR count). The minimum atomic E-state index is -0.0797. The molecule has 1 fully saturated rings. The summed E-state index contributed by atoms with van der Waals surface area (Å²) in [5, 5.41) is 3.04. The number of urea groups is 1. The number of hydrogen-bond acceptors (Lipinski definition) is 3. The third kappa shape index (κ3) is 4.01. The van der Waals surface area contributed by atoms with Gasteiger partial charge in [0, 0.05) is 25.5 Å². The van der Waals surface area contributed by atoms with Crippen LogP contribution in [0.1, 0.15) is 17.2 Å². The van der Waals surface area contributed by atoms with Gasteiger partial charge in [-0.2, -0.15) is 0 Å². The highest BCUT2D eigenvalue weighted by Gasteiger charge is 2.25.